The number of nitrogens with zero attached hydrogens (tertiary/aromatic N) is 3. The molecular formula is C29H27N3O7S. The molecule has 1 aliphatic heterocycles. The normalized spacial score (nSPS) is 15.1. The molecule has 0 aliphatic carbocycles. The molecule has 10 nitrogen and oxygen atoms in total. The van der Waals surface area contributed by atoms with Gasteiger partial charge in [0.25, 0.3) is 5.56 Å². The van der Waals surface area contributed by atoms with E-state index >= 15 is 0 Å². The fourth-order valence-electron chi connectivity index (χ4n) is 4.59. The van der Waals surface area contributed by atoms with Crippen molar-refractivity contribution in [2.24, 2.45) is 4.99 Å². The average Bonchev–Trinajstić information content (AvgIpc) is 3.52. The van der Waals surface area contributed by atoms with E-state index in [0.717, 1.165) is 0 Å². The molecule has 0 saturated carbocycles. The molecule has 0 saturated heterocycles. The second-order valence-electron chi connectivity index (χ2n) is 9.07. The fourth-order valence-corrected chi connectivity index (χ4v) is 5.61. The zero-order chi connectivity index (χ0) is 28.6. The number of anilines is 1. The summed E-state index contributed by atoms with van der Waals surface area (Å²) < 4.78 is 18.5. The van der Waals surface area contributed by atoms with Gasteiger partial charge in [0.15, 0.2) is 4.80 Å². The number of aryl methyl sites for hydroxylation is 1. The first-order valence-corrected chi connectivity index (χ1v) is 13.3. The van der Waals surface area contributed by atoms with Crippen molar-refractivity contribution in [3.63, 3.8) is 0 Å². The number of rotatable bonds is 7. The van der Waals surface area contributed by atoms with Crippen molar-refractivity contribution in [1.82, 2.24) is 4.57 Å². The first-order valence-electron chi connectivity index (χ1n) is 12.4. The minimum atomic E-state index is -0.735. The molecule has 1 atom stereocenters. The lowest BCUT2D eigenvalue weighted by Gasteiger charge is -2.24. The van der Waals surface area contributed by atoms with Crippen LogP contribution in [0.5, 0.6) is 5.75 Å². The van der Waals surface area contributed by atoms with Crippen molar-refractivity contribution >= 4 is 29.1 Å². The molecule has 40 heavy (non-hydrogen) atoms. The highest BCUT2D eigenvalue weighted by Crippen LogP contribution is 2.32. The largest absolute Gasteiger partial charge is 0.497 e. The van der Waals surface area contributed by atoms with E-state index < -0.39 is 12.0 Å². The average molecular weight is 562 g/mol. The predicted octanol–water partition coefficient (Wildman–Crippen LogP) is 3.96. The number of thiazole rings is 1. The molecule has 4 aromatic rings. The zero-order valence-electron chi connectivity index (χ0n) is 22.2. The number of ether oxygens (including phenoxy) is 2. The second-order valence-corrected chi connectivity index (χ2v) is 10.1. The Bertz CT molecular complexity index is 1800. The Kier molecular flexibility index (Phi) is 7.44. The SMILES string of the molecule is CCOC(=O)C1=C(C)N=c2sc(=Cc3ccc(-c4ccc(C)c(N(O)O)c4)o3)c(=O)n2C1c1ccc(OC)cc1. The van der Waals surface area contributed by atoms with E-state index in [4.69, 9.17) is 13.9 Å². The highest BCUT2D eigenvalue weighted by molar-refractivity contribution is 7.07. The van der Waals surface area contributed by atoms with Gasteiger partial charge in [-0.3, -0.25) is 19.8 Å². The fraction of sp³-hybridized carbons (Fsp3) is 0.207. The Morgan fingerprint density at radius 1 is 1.15 bits per heavy atom. The Morgan fingerprint density at radius 2 is 1.90 bits per heavy atom. The molecule has 0 bridgehead atoms. The van der Waals surface area contributed by atoms with Gasteiger partial charge in [-0.15, -0.1) is 5.23 Å². The summed E-state index contributed by atoms with van der Waals surface area (Å²) >= 11 is 1.19. The van der Waals surface area contributed by atoms with E-state index in [1.807, 2.05) is 12.1 Å². The van der Waals surface area contributed by atoms with Crippen LogP contribution >= 0.6 is 11.3 Å². The van der Waals surface area contributed by atoms with Crippen molar-refractivity contribution < 1.29 is 29.1 Å². The summed E-state index contributed by atoms with van der Waals surface area (Å²) in [4.78, 5) is 31.8. The molecule has 0 spiro atoms. The number of benzene rings is 2. The molecule has 1 aliphatic rings. The molecule has 1 unspecified atom stereocenters. The molecule has 206 valence electrons. The number of fused-ring (bicyclic) bond motifs is 1. The highest BCUT2D eigenvalue weighted by atomic mass is 32.1. The van der Waals surface area contributed by atoms with Gasteiger partial charge < -0.3 is 13.9 Å². The number of carbonyl (C=O) groups is 1. The first kappa shape index (κ1) is 27.1. The molecule has 3 heterocycles. The van der Waals surface area contributed by atoms with E-state index in [-0.39, 0.29) is 23.1 Å². The third-order valence-electron chi connectivity index (χ3n) is 6.56. The lowest BCUT2D eigenvalue weighted by molar-refractivity contribution is -0.139. The lowest BCUT2D eigenvalue weighted by atomic mass is 9.96. The van der Waals surface area contributed by atoms with Gasteiger partial charge in [0, 0.05) is 11.6 Å². The van der Waals surface area contributed by atoms with Gasteiger partial charge >= 0.3 is 5.97 Å². The van der Waals surface area contributed by atoms with E-state index in [1.54, 1.807) is 76.4 Å². The van der Waals surface area contributed by atoms with E-state index in [1.165, 1.54) is 15.9 Å². The molecule has 2 aromatic heterocycles. The van der Waals surface area contributed by atoms with E-state index in [0.29, 0.717) is 54.6 Å². The van der Waals surface area contributed by atoms with Crippen LogP contribution in [0.15, 0.2) is 80.1 Å². The van der Waals surface area contributed by atoms with Crippen LogP contribution in [0, 0.1) is 6.92 Å². The van der Waals surface area contributed by atoms with Gasteiger partial charge in [0.2, 0.25) is 0 Å². The van der Waals surface area contributed by atoms with E-state index in [2.05, 4.69) is 4.99 Å². The maximum absolute atomic E-state index is 13.8. The maximum atomic E-state index is 13.8. The molecule has 0 fully saturated rings. The maximum Gasteiger partial charge on any atom is 0.338 e. The van der Waals surface area contributed by atoms with Gasteiger partial charge in [0.1, 0.15) is 17.3 Å². The predicted molar refractivity (Wildman–Crippen MR) is 148 cm³/mol. The molecule has 0 radical (unpaired) electrons. The first-order chi connectivity index (χ1) is 19.2. The summed E-state index contributed by atoms with van der Waals surface area (Å²) in [5.41, 5.74) is 2.67. The zero-order valence-corrected chi connectivity index (χ0v) is 23.1. The number of allylic oxidation sites excluding steroid dienone is 1. The Balaban J connectivity index is 1.60. The Hall–Kier alpha value is -4.45. The molecule has 0 amide bonds. The summed E-state index contributed by atoms with van der Waals surface area (Å²) in [6, 6.07) is 15.0. The summed E-state index contributed by atoms with van der Waals surface area (Å²) in [5.74, 6) is 1.03. The van der Waals surface area contributed by atoms with Crippen LogP contribution in [0.25, 0.3) is 17.4 Å². The number of carbonyl (C=O) groups excluding carboxylic acids is 1. The van der Waals surface area contributed by atoms with Crippen LogP contribution in [0.4, 0.5) is 5.69 Å². The van der Waals surface area contributed by atoms with Crippen LogP contribution in [0.2, 0.25) is 0 Å². The third-order valence-corrected chi connectivity index (χ3v) is 7.54. The summed E-state index contributed by atoms with van der Waals surface area (Å²) in [5, 5.41) is 19.0. The quantitative estimate of drug-likeness (QED) is 0.257. The summed E-state index contributed by atoms with van der Waals surface area (Å²) in [7, 11) is 1.57. The monoisotopic (exact) mass is 561 g/mol. The van der Waals surface area contributed by atoms with Crippen molar-refractivity contribution in [3.8, 4) is 17.1 Å². The van der Waals surface area contributed by atoms with Gasteiger partial charge in [-0.05, 0) is 62.2 Å². The van der Waals surface area contributed by atoms with Gasteiger partial charge in [-0.2, -0.15) is 0 Å². The van der Waals surface area contributed by atoms with Crippen LogP contribution in [-0.2, 0) is 9.53 Å². The number of hydrogen-bond donors (Lipinski definition) is 2. The second kappa shape index (κ2) is 11.0. The number of hydrogen-bond acceptors (Lipinski definition) is 10. The molecule has 5 rings (SSSR count). The molecule has 2 aromatic carbocycles. The van der Waals surface area contributed by atoms with Gasteiger partial charge in [-0.25, -0.2) is 9.79 Å². The number of furan rings is 1. The van der Waals surface area contributed by atoms with E-state index in [9.17, 15) is 20.0 Å². The van der Waals surface area contributed by atoms with Crippen molar-refractivity contribution in [1.29, 1.82) is 0 Å². The van der Waals surface area contributed by atoms with Crippen molar-refractivity contribution in [3.05, 3.63) is 102 Å². The lowest BCUT2D eigenvalue weighted by Crippen LogP contribution is -2.39. The topological polar surface area (TPSA) is 127 Å². The standard InChI is InChI=1S/C29H27N3O7S/c1-5-38-28(34)25-17(3)30-29-31(26(25)18-8-10-20(37-4)11-9-18)27(33)24(40-29)15-21-12-13-23(39-21)19-7-6-16(2)22(14-19)32(35)36/h6-15,26,35-36H,5H2,1-4H3. The van der Waals surface area contributed by atoms with Crippen molar-refractivity contribution in [2.45, 2.75) is 26.8 Å². The Morgan fingerprint density at radius 3 is 2.58 bits per heavy atom. The molecule has 2 N–H and O–H groups in total. The number of esters is 1. The Labute approximate surface area is 232 Å². The minimum absolute atomic E-state index is 0.0647. The highest BCUT2D eigenvalue weighted by Gasteiger charge is 2.33. The molecular weight excluding hydrogens is 534 g/mol. The van der Waals surface area contributed by atoms with Gasteiger partial charge in [0.05, 0.1) is 41.2 Å². The smallest absolute Gasteiger partial charge is 0.338 e. The minimum Gasteiger partial charge on any atom is -0.497 e. The van der Waals surface area contributed by atoms with Crippen LogP contribution < -0.4 is 24.9 Å². The van der Waals surface area contributed by atoms with Crippen molar-refractivity contribution in [2.75, 3.05) is 18.9 Å². The summed E-state index contributed by atoms with van der Waals surface area (Å²) in [6.07, 6.45) is 1.63. The number of methoxy groups -OCH3 is 1. The number of aromatic nitrogens is 1. The van der Waals surface area contributed by atoms with Crippen LogP contribution in [0.1, 0.15) is 36.8 Å². The third kappa shape index (κ3) is 4.97. The van der Waals surface area contributed by atoms with Crippen LogP contribution in [-0.4, -0.2) is 34.7 Å². The van der Waals surface area contributed by atoms with Crippen LogP contribution in [0.3, 0.4) is 0 Å². The molecule has 11 heteroatoms. The van der Waals surface area contributed by atoms with Gasteiger partial charge in [-0.1, -0.05) is 35.6 Å². The summed E-state index contributed by atoms with van der Waals surface area (Å²) in [6.45, 7) is 5.39.